The first-order chi connectivity index (χ1) is 15.8. The Morgan fingerprint density at radius 2 is 1.85 bits per heavy atom. The third-order valence-electron chi connectivity index (χ3n) is 5.75. The molecule has 178 valence electrons. The fourth-order valence-corrected chi connectivity index (χ4v) is 5.73. The molecule has 1 unspecified atom stereocenters. The Labute approximate surface area is 193 Å². The number of carbonyl (C=O) groups excluding carboxylic acids is 2. The summed E-state index contributed by atoms with van der Waals surface area (Å²) in [6.07, 6.45) is 1.07. The zero-order chi connectivity index (χ0) is 24.0. The van der Waals surface area contributed by atoms with Crippen molar-refractivity contribution in [1.29, 1.82) is 0 Å². The molecule has 2 amide bonds. The van der Waals surface area contributed by atoms with E-state index in [-0.39, 0.29) is 29.4 Å². The summed E-state index contributed by atoms with van der Waals surface area (Å²) in [6, 6.07) is 11.8. The molecule has 0 aliphatic carbocycles. The summed E-state index contributed by atoms with van der Waals surface area (Å²) >= 11 is 0. The van der Waals surface area contributed by atoms with Gasteiger partial charge in [0, 0.05) is 31.1 Å². The minimum absolute atomic E-state index is 0.0633. The number of fused-ring (bicyclic) bond motifs is 1. The average molecular weight is 477 g/mol. The fourth-order valence-electron chi connectivity index (χ4n) is 4.02. The van der Waals surface area contributed by atoms with Crippen molar-refractivity contribution < 1.29 is 32.7 Å². The highest BCUT2D eigenvalue weighted by molar-refractivity contribution is 7.92. The average Bonchev–Trinajstić information content (AvgIpc) is 2.85. The van der Waals surface area contributed by atoms with E-state index in [0.717, 1.165) is 24.1 Å². The zero-order valence-corrected chi connectivity index (χ0v) is 19.4. The van der Waals surface area contributed by atoms with Crippen molar-refractivity contribution in [2.45, 2.75) is 42.2 Å². The topological polar surface area (TPSA) is 122 Å². The Hall–Kier alpha value is -3.11. The second kappa shape index (κ2) is 10.7. The number of rotatable bonds is 9. The number of amides is 2. The molecule has 0 bridgehead atoms. The number of para-hydroxylation sites is 1. The molecular formula is C23H28N2O7S. The third-order valence-corrected chi connectivity index (χ3v) is 7.94. The Morgan fingerprint density at radius 3 is 2.55 bits per heavy atom. The molecular weight excluding hydrogens is 448 g/mol. The molecule has 10 heteroatoms. The standard InChI is InChI=1S/C23H28N2O7S/c1-31-20-11-9-17(14-21(20)32-2)33(29,30)18(15-22(26)24-28)10-12-23(27)25-13-5-7-16-6-3-4-8-19(16)25/h3-4,6,8-9,11,14,18,28H,5,7,10,12-13,15H2,1-2H3,(H,24,26). The maximum atomic E-state index is 13.4. The fraction of sp³-hybridized carbons (Fsp3) is 0.391. The van der Waals surface area contributed by atoms with Crippen LogP contribution in [0.4, 0.5) is 5.69 Å². The largest absolute Gasteiger partial charge is 0.493 e. The first kappa shape index (κ1) is 24.5. The number of methoxy groups -OCH3 is 2. The molecule has 0 fully saturated rings. The molecule has 2 aromatic rings. The van der Waals surface area contributed by atoms with Gasteiger partial charge in [0.1, 0.15) is 0 Å². The molecule has 0 saturated carbocycles. The molecule has 33 heavy (non-hydrogen) atoms. The van der Waals surface area contributed by atoms with Gasteiger partial charge in [-0.05, 0) is 43.0 Å². The highest BCUT2D eigenvalue weighted by atomic mass is 32.2. The number of aryl methyl sites for hydroxylation is 1. The molecule has 0 spiro atoms. The monoisotopic (exact) mass is 476 g/mol. The Morgan fingerprint density at radius 1 is 1.12 bits per heavy atom. The van der Waals surface area contributed by atoms with Crippen LogP contribution in [-0.4, -0.2) is 51.5 Å². The molecule has 0 aromatic heterocycles. The van der Waals surface area contributed by atoms with Crippen LogP contribution in [0.1, 0.15) is 31.2 Å². The quantitative estimate of drug-likeness (QED) is 0.421. The normalized spacial score (nSPS) is 14.2. The number of hydrogen-bond donors (Lipinski definition) is 2. The number of hydrogen-bond acceptors (Lipinski definition) is 7. The Balaban J connectivity index is 1.83. The Bertz CT molecular complexity index is 1120. The second-order valence-electron chi connectivity index (χ2n) is 7.74. The molecule has 0 saturated heterocycles. The molecule has 0 radical (unpaired) electrons. The van der Waals surface area contributed by atoms with E-state index in [1.165, 1.54) is 37.9 Å². The maximum Gasteiger partial charge on any atom is 0.244 e. The number of hydroxylamine groups is 1. The van der Waals surface area contributed by atoms with Crippen LogP contribution in [0.3, 0.4) is 0 Å². The van der Waals surface area contributed by atoms with Gasteiger partial charge in [-0.25, -0.2) is 13.9 Å². The van der Waals surface area contributed by atoms with E-state index in [9.17, 15) is 18.0 Å². The maximum absolute atomic E-state index is 13.4. The summed E-state index contributed by atoms with van der Waals surface area (Å²) in [5, 5.41) is 7.74. The van der Waals surface area contributed by atoms with Gasteiger partial charge in [-0.1, -0.05) is 18.2 Å². The van der Waals surface area contributed by atoms with Crippen LogP contribution in [0.15, 0.2) is 47.4 Å². The molecule has 3 rings (SSSR count). The van der Waals surface area contributed by atoms with E-state index >= 15 is 0 Å². The minimum atomic E-state index is -4.03. The predicted octanol–water partition coefficient (Wildman–Crippen LogP) is 2.50. The predicted molar refractivity (Wildman–Crippen MR) is 121 cm³/mol. The molecule has 1 aliphatic heterocycles. The van der Waals surface area contributed by atoms with Gasteiger partial charge in [0.15, 0.2) is 21.3 Å². The van der Waals surface area contributed by atoms with E-state index in [1.54, 1.807) is 4.90 Å². The third kappa shape index (κ3) is 5.45. The molecule has 9 nitrogen and oxygen atoms in total. The number of ether oxygens (including phenoxy) is 2. The van der Waals surface area contributed by atoms with Crippen LogP contribution in [0, 0.1) is 0 Å². The number of nitrogens with one attached hydrogen (secondary N) is 1. The summed E-state index contributed by atoms with van der Waals surface area (Å²) in [7, 11) is -1.20. The van der Waals surface area contributed by atoms with Crippen molar-refractivity contribution in [3.8, 4) is 11.5 Å². The Kier molecular flexibility index (Phi) is 7.93. The van der Waals surface area contributed by atoms with Crippen LogP contribution < -0.4 is 19.9 Å². The van der Waals surface area contributed by atoms with Crippen molar-refractivity contribution in [1.82, 2.24) is 5.48 Å². The van der Waals surface area contributed by atoms with Crippen LogP contribution >= 0.6 is 0 Å². The highest BCUT2D eigenvalue weighted by Gasteiger charge is 2.32. The first-order valence-corrected chi connectivity index (χ1v) is 12.1. The van der Waals surface area contributed by atoms with Gasteiger partial charge in [-0.3, -0.25) is 14.8 Å². The van der Waals surface area contributed by atoms with Crippen molar-refractivity contribution in [3.05, 3.63) is 48.0 Å². The number of carbonyl (C=O) groups is 2. The van der Waals surface area contributed by atoms with E-state index in [1.807, 2.05) is 24.3 Å². The van der Waals surface area contributed by atoms with Gasteiger partial charge >= 0.3 is 0 Å². The molecule has 1 heterocycles. The summed E-state index contributed by atoms with van der Waals surface area (Å²) in [6.45, 7) is 0.556. The van der Waals surface area contributed by atoms with Gasteiger partial charge in [0.05, 0.1) is 24.4 Å². The lowest BCUT2D eigenvalue weighted by Gasteiger charge is -2.30. The summed E-state index contributed by atoms with van der Waals surface area (Å²) < 4.78 is 37.1. The smallest absolute Gasteiger partial charge is 0.244 e. The van der Waals surface area contributed by atoms with E-state index in [4.69, 9.17) is 14.7 Å². The van der Waals surface area contributed by atoms with E-state index in [0.29, 0.717) is 12.3 Å². The number of benzene rings is 2. The molecule has 1 aliphatic rings. The second-order valence-corrected chi connectivity index (χ2v) is 9.97. The molecule has 2 N–H and O–H groups in total. The van der Waals surface area contributed by atoms with Crippen LogP contribution in [-0.2, 0) is 25.8 Å². The summed E-state index contributed by atoms with van der Waals surface area (Å²) in [4.78, 5) is 26.5. The lowest BCUT2D eigenvalue weighted by atomic mass is 10.0. The van der Waals surface area contributed by atoms with Crippen molar-refractivity contribution in [2.75, 3.05) is 25.7 Å². The van der Waals surface area contributed by atoms with Gasteiger partial charge in [-0.2, -0.15) is 0 Å². The van der Waals surface area contributed by atoms with Crippen LogP contribution in [0.2, 0.25) is 0 Å². The van der Waals surface area contributed by atoms with E-state index in [2.05, 4.69) is 0 Å². The lowest BCUT2D eigenvalue weighted by Crippen LogP contribution is -2.37. The lowest BCUT2D eigenvalue weighted by molar-refractivity contribution is -0.129. The summed E-state index contributed by atoms with van der Waals surface area (Å²) in [5.74, 6) is -0.469. The molecule has 1 atom stereocenters. The zero-order valence-electron chi connectivity index (χ0n) is 18.6. The van der Waals surface area contributed by atoms with Gasteiger partial charge in [0.2, 0.25) is 11.8 Å². The highest BCUT2D eigenvalue weighted by Crippen LogP contribution is 2.33. The van der Waals surface area contributed by atoms with Crippen LogP contribution in [0.5, 0.6) is 11.5 Å². The minimum Gasteiger partial charge on any atom is -0.493 e. The van der Waals surface area contributed by atoms with Crippen molar-refractivity contribution in [2.24, 2.45) is 0 Å². The molecule has 2 aromatic carbocycles. The van der Waals surface area contributed by atoms with Gasteiger partial charge < -0.3 is 14.4 Å². The summed E-state index contributed by atoms with van der Waals surface area (Å²) in [5.41, 5.74) is 3.39. The van der Waals surface area contributed by atoms with Gasteiger partial charge in [0.25, 0.3) is 0 Å². The van der Waals surface area contributed by atoms with Gasteiger partial charge in [-0.15, -0.1) is 0 Å². The SMILES string of the molecule is COc1ccc(S(=O)(=O)C(CCC(=O)N2CCCc3ccccc32)CC(=O)NO)cc1OC. The first-order valence-electron chi connectivity index (χ1n) is 10.6. The van der Waals surface area contributed by atoms with Crippen molar-refractivity contribution in [3.63, 3.8) is 0 Å². The number of sulfone groups is 1. The number of anilines is 1. The van der Waals surface area contributed by atoms with Crippen molar-refractivity contribution >= 4 is 27.3 Å². The van der Waals surface area contributed by atoms with E-state index < -0.39 is 27.4 Å². The number of nitrogens with zero attached hydrogens (tertiary/aromatic N) is 1. The van der Waals surface area contributed by atoms with Crippen LogP contribution in [0.25, 0.3) is 0 Å².